The Morgan fingerprint density at radius 3 is 2.12 bits per heavy atom. The Kier molecular flexibility index (Phi) is 7.39. The highest BCUT2D eigenvalue weighted by Gasteiger charge is 2.31. The van der Waals surface area contributed by atoms with Crippen LogP contribution < -0.4 is 0 Å². The Balaban J connectivity index is 1.67. The van der Waals surface area contributed by atoms with Gasteiger partial charge >= 0.3 is 0 Å². The molecular formula is C22H28N2O6S2. The van der Waals surface area contributed by atoms with Gasteiger partial charge in [0, 0.05) is 38.9 Å². The summed E-state index contributed by atoms with van der Waals surface area (Å²) in [6.07, 6.45) is 0. The molecule has 174 valence electrons. The number of benzene rings is 2. The Bertz CT molecular complexity index is 1180. The van der Waals surface area contributed by atoms with Crippen LogP contribution in [0.5, 0.6) is 0 Å². The highest BCUT2D eigenvalue weighted by Crippen LogP contribution is 2.23. The van der Waals surface area contributed by atoms with Gasteiger partial charge in [-0.15, -0.1) is 0 Å². The predicted molar refractivity (Wildman–Crippen MR) is 121 cm³/mol. The summed E-state index contributed by atoms with van der Waals surface area (Å²) in [6.45, 7) is 4.70. The molecule has 0 unspecified atom stereocenters. The first-order valence-corrected chi connectivity index (χ1v) is 13.3. The predicted octanol–water partition coefficient (Wildman–Crippen LogP) is 1.87. The molecule has 0 radical (unpaired) electrons. The zero-order valence-corrected chi connectivity index (χ0v) is 20.1. The maximum atomic E-state index is 13.0. The van der Waals surface area contributed by atoms with Gasteiger partial charge in [0.2, 0.25) is 10.0 Å². The first-order chi connectivity index (χ1) is 15.1. The lowest BCUT2D eigenvalue weighted by Gasteiger charge is -2.34. The molecule has 1 aliphatic heterocycles. The number of aryl methyl sites for hydroxylation is 2. The number of nitrogens with zero attached hydrogens (tertiary/aromatic N) is 2. The lowest BCUT2D eigenvalue weighted by molar-refractivity contribution is 0.0697. The molecule has 0 atom stereocenters. The molecule has 2 aromatic rings. The fourth-order valence-electron chi connectivity index (χ4n) is 3.66. The van der Waals surface area contributed by atoms with E-state index in [-0.39, 0.29) is 54.2 Å². The first kappa shape index (κ1) is 24.4. The molecule has 1 aliphatic rings. The van der Waals surface area contributed by atoms with Crippen molar-refractivity contribution < 1.29 is 26.4 Å². The molecule has 1 saturated heterocycles. The van der Waals surface area contributed by atoms with E-state index in [0.29, 0.717) is 11.1 Å². The largest absolute Gasteiger partial charge is 0.384 e. The highest BCUT2D eigenvalue weighted by atomic mass is 32.2. The summed E-state index contributed by atoms with van der Waals surface area (Å²) >= 11 is 0. The maximum Gasteiger partial charge on any atom is 0.253 e. The fourth-order valence-corrected chi connectivity index (χ4v) is 6.46. The number of piperazine rings is 1. The second kappa shape index (κ2) is 9.70. The van der Waals surface area contributed by atoms with Crippen molar-refractivity contribution in [3.63, 3.8) is 0 Å². The van der Waals surface area contributed by atoms with Crippen molar-refractivity contribution in [1.82, 2.24) is 9.21 Å². The molecule has 0 saturated carbocycles. The summed E-state index contributed by atoms with van der Waals surface area (Å²) in [5.74, 6) is -0.386. The molecule has 1 amide bonds. The summed E-state index contributed by atoms with van der Waals surface area (Å²) in [5, 5.41) is 0. The van der Waals surface area contributed by atoms with E-state index < -0.39 is 19.9 Å². The van der Waals surface area contributed by atoms with Crippen molar-refractivity contribution in [2.45, 2.75) is 23.6 Å². The lowest BCUT2D eigenvalue weighted by atomic mass is 10.2. The van der Waals surface area contributed by atoms with Gasteiger partial charge in [0.1, 0.15) is 0 Å². The highest BCUT2D eigenvalue weighted by molar-refractivity contribution is 7.91. The molecule has 8 nitrogen and oxygen atoms in total. The first-order valence-electron chi connectivity index (χ1n) is 10.2. The van der Waals surface area contributed by atoms with Crippen molar-refractivity contribution in [3.05, 3.63) is 59.2 Å². The van der Waals surface area contributed by atoms with Crippen molar-refractivity contribution in [2.75, 3.05) is 45.6 Å². The molecular weight excluding hydrogens is 452 g/mol. The van der Waals surface area contributed by atoms with Crippen LogP contribution >= 0.6 is 0 Å². The van der Waals surface area contributed by atoms with Crippen molar-refractivity contribution in [1.29, 1.82) is 0 Å². The molecule has 1 heterocycles. The van der Waals surface area contributed by atoms with Crippen LogP contribution in [0.1, 0.15) is 21.5 Å². The average Bonchev–Trinajstić information content (AvgIpc) is 2.77. The van der Waals surface area contributed by atoms with E-state index in [2.05, 4.69) is 0 Å². The number of rotatable bonds is 7. The van der Waals surface area contributed by atoms with Crippen LogP contribution in [0, 0.1) is 13.8 Å². The zero-order chi connectivity index (χ0) is 23.5. The zero-order valence-electron chi connectivity index (χ0n) is 18.4. The molecule has 0 N–H and O–H groups in total. The van der Waals surface area contributed by atoms with Gasteiger partial charge in [-0.3, -0.25) is 4.79 Å². The number of carbonyl (C=O) groups is 1. The van der Waals surface area contributed by atoms with Gasteiger partial charge < -0.3 is 9.64 Å². The van der Waals surface area contributed by atoms with E-state index in [1.54, 1.807) is 24.0 Å². The van der Waals surface area contributed by atoms with Crippen molar-refractivity contribution >= 4 is 25.8 Å². The van der Waals surface area contributed by atoms with Crippen LogP contribution in [0.3, 0.4) is 0 Å². The molecule has 0 aromatic heterocycles. The molecule has 10 heteroatoms. The number of carbonyl (C=O) groups excluding carboxylic acids is 1. The maximum absolute atomic E-state index is 13.0. The van der Waals surface area contributed by atoms with Gasteiger partial charge in [-0.25, -0.2) is 16.8 Å². The molecule has 0 spiro atoms. The fraction of sp³-hybridized carbons (Fsp3) is 0.409. The van der Waals surface area contributed by atoms with E-state index in [9.17, 15) is 21.6 Å². The SMILES string of the molecule is COCCS(=O)(=O)c1ccc(C(=O)N2CCN(S(=O)(=O)c3ccc(C)cc3C)CC2)cc1. The third-order valence-electron chi connectivity index (χ3n) is 5.49. The number of methoxy groups -OCH3 is 1. The second-order valence-corrected chi connectivity index (χ2v) is 11.8. The average molecular weight is 481 g/mol. The minimum Gasteiger partial charge on any atom is -0.384 e. The summed E-state index contributed by atoms with van der Waals surface area (Å²) in [5.41, 5.74) is 2.06. The van der Waals surface area contributed by atoms with Gasteiger partial charge in [0.15, 0.2) is 9.84 Å². The second-order valence-electron chi connectivity index (χ2n) is 7.80. The standard InChI is InChI=1S/C22H28N2O6S2/c1-17-4-9-21(18(2)16-17)32(28,29)24-12-10-23(11-13-24)22(25)19-5-7-20(8-6-19)31(26,27)15-14-30-3/h4-9,16H,10-15H2,1-3H3. The molecule has 0 bridgehead atoms. The number of sulfone groups is 1. The summed E-state index contributed by atoms with van der Waals surface area (Å²) < 4.78 is 56.7. The number of hydrogen-bond acceptors (Lipinski definition) is 6. The summed E-state index contributed by atoms with van der Waals surface area (Å²) in [7, 11) is -5.67. The topological polar surface area (TPSA) is 101 Å². The van der Waals surface area contributed by atoms with Gasteiger partial charge in [-0.1, -0.05) is 17.7 Å². The smallest absolute Gasteiger partial charge is 0.253 e. The van der Waals surface area contributed by atoms with E-state index >= 15 is 0 Å². The number of ether oxygens (including phenoxy) is 1. The van der Waals surface area contributed by atoms with Crippen LogP contribution in [0.4, 0.5) is 0 Å². The number of sulfonamides is 1. The molecule has 1 fully saturated rings. The molecule has 0 aliphatic carbocycles. The monoisotopic (exact) mass is 480 g/mol. The minimum atomic E-state index is -3.63. The summed E-state index contributed by atoms with van der Waals surface area (Å²) in [4.78, 5) is 14.8. The molecule has 3 rings (SSSR count). The Morgan fingerprint density at radius 1 is 0.938 bits per heavy atom. The van der Waals surface area contributed by atoms with E-state index in [0.717, 1.165) is 5.56 Å². The Hall–Kier alpha value is -2.27. The van der Waals surface area contributed by atoms with Gasteiger partial charge in [0.25, 0.3) is 5.91 Å². The van der Waals surface area contributed by atoms with Crippen LogP contribution in [-0.4, -0.2) is 77.6 Å². The van der Waals surface area contributed by atoms with Gasteiger partial charge in [0.05, 0.1) is 22.2 Å². The van der Waals surface area contributed by atoms with Crippen molar-refractivity contribution in [2.24, 2.45) is 0 Å². The Labute approximate surface area is 189 Å². The number of hydrogen-bond donors (Lipinski definition) is 0. The third kappa shape index (κ3) is 5.20. The van der Waals surface area contributed by atoms with Crippen LogP contribution in [0.25, 0.3) is 0 Å². The molecule has 2 aromatic carbocycles. The number of amides is 1. The quantitative estimate of drug-likeness (QED) is 0.600. The minimum absolute atomic E-state index is 0.0955. The summed E-state index contributed by atoms with van der Waals surface area (Å²) in [6, 6.07) is 11.0. The van der Waals surface area contributed by atoms with Crippen molar-refractivity contribution in [3.8, 4) is 0 Å². The van der Waals surface area contributed by atoms with Crippen LogP contribution in [0.2, 0.25) is 0 Å². The van der Waals surface area contributed by atoms with E-state index in [1.165, 1.54) is 35.7 Å². The van der Waals surface area contributed by atoms with Gasteiger partial charge in [-0.05, 0) is 49.7 Å². The Morgan fingerprint density at radius 2 is 1.56 bits per heavy atom. The van der Waals surface area contributed by atoms with E-state index in [1.807, 2.05) is 13.0 Å². The van der Waals surface area contributed by atoms with Crippen LogP contribution in [-0.2, 0) is 24.6 Å². The lowest BCUT2D eigenvalue weighted by Crippen LogP contribution is -2.50. The molecule has 32 heavy (non-hydrogen) atoms. The normalized spacial score (nSPS) is 15.7. The van der Waals surface area contributed by atoms with E-state index in [4.69, 9.17) is 4.74 Å². The van der Waals surface area contributed by atoms with Crippen LogP contribution in [0.15, 0.2) is 52.3 Å². The van der Waals surface area contributed by atoms with Gasteiger partial charge in [-0.2, -0.15) is 4.31 Å². The third-order valence-corrected chi connectivity index (χ3v) is 9.24.